The summed E-state index contributed by atoms with van der Waals surface area (Å²) < 4.78 is 44.0. The van der Waals surface area contributed by atoms with Crippen LogP contribution in [0.2, 0.25) is 0 Å². The molecule has 1 aliphatic rings. The standard InChI is InChI=1S/C33H33F2N5O3S/c1-4-29(41)40-10-5-6-23(19-40)36-18-26-31(30-25(35)15-22(34)16-28(30)43-12-11-42-3)33-24(9-13-44-33)32(38-26)20-7-8-27-21(14-20)17-37-39(27)2/h4,7-9,13-17,23,36H,1,5-6,10-12,18-19H2,2-3H3/t23-/m0/s1. The van der Waals surface area contributed by atoms with Gasteiger partial charge >= 0.3 is 0 Å². The zero-order valence-electron chi connectivity index (χ0n) is 24.6. The largest absolute Gasteiger partial charge is 0.490 e. The van der Waals surface area contributed by atoms with Gasteiger partial charge in [-0.1, -0.05) is 12.6 Å². The Morgan fingerprint density at radius 3 is 2.89 bits per heavy atom. The Morgan fingerprint density at radius 1 is 1.20 bits per heavy atom. The van der Waals surface area contributed by atoms with E-state index in [1.807, 2.05) is 41.5 Å². The molecule has 1 atom stereocenters. The first-order chi connectivity index (χ1) is 21.4. The topological polar surface area (TPSA) is 81.5 Å². The Hall–Kier alpha value is -4.19. The van der Waals surface area contributed by atoms with Crippen LogP contribution in [0.3, 0.4) is 0 Å². The molecule has 228 valence electrons. The molecule has 0 unspecified atom stereocenters. The lowest BCUT2D eigenvalue weighted by Crippen LogP contribution is -2.47. The van der Waals surface area contributed by atoms with Crippen molar-refractivity contribution in [2.24, 2.45) is 7.05 Å². The molecular formula is C33H33F2N5O3S. The molecule has 1 aliphatic heterocycles. The number of likely N-dealkylation sites (tertiary alicyclic amines) is 1. The average molecular weight is 618 g/mol. The van der Waals surface area contributed by atoms with E-state index in [9.17, 15) is 9.18 Å². The minimum Gasteiger partial charge on any atom is -0.490 e. The minimum absolute atomic E-state index is 0.00649. The molecule has 1 N–H and O–H groups in total. The minimum atomic E-state index is -0.736. The Balaban J connectivity index is 1.49. The molecule has 4 heterocycles. The lowest BCUT2D eigenvalue weighted by Gasteiger charge is -2.32. The van der Waals surface area contributed by atoms with Gasteiger partial charge in [-0.05, 0) is 42.5 Å². The van der Waals surface area contributed by atoms with Gasteiger partial charge in [-0.25, -0.2) is 8.78 Å². The molecule has 6 rings (SSSR count). The van der Waals surface area contributed by atoms with Gasteiger partial charge < -0.3 is 19.7 Å². The van der Waals surface area contributed by atoms with Crippen molar-refractivity contribution in [3.05, 3.63) is 78.0 Å². The summed E-state index contributed by atoms with van der Waals surface area (Å²) in [5.74, 6) is -1.48. The third-order valence-electron chi connectivity index (χ3n) is 7.98. The first kappa shape index (κ1) is 29.9. The Labute approximate surface area is 257 Å². The van der Waals surface area contributed by atoms with Crippen LogP contribution in [0.1, 0.15) is 18.5 Å². The fraction of sp³-hybridized carbons (Fsp3) is 0.303. The quantitative estimate of drug-likeness (QED) is 0.151. The number of benzene rings is 2. The molecule has 8 nitrogen and oxygen atoms in total. The molecule has 3 aromatic heterocycles. The van der Waals surface area contributed by atoms with E-state index in [1.54, 1.807) is 4.90 Å². The fourth-order valence-corrected chi connectivity index (χ4v) is 6.81. The van der Waals surface area contributed by atoms with Crippen LogP contribution in [0.15, 0.2) is 60.6 Å². The summed E-state index contributed by atoms with van der Waals surface area (Å²) in [4.78, 5) is 19.3. The van der Waals surface area contributed by atoms with Gasteiger partial charge in [0.1, 0.15) is 24.0 Å². The van der Waals surface area contributed by atoms with Gasteiger partial charge in [-0.3, -0.25) is 14.5 Å². The molecule has 0 spiro atoms. The monoisotopic (exact) mass is 617 g/mol. The molecule has 0 radical (unpaired) electrons. The maximum absolute atomic E-state index is 15.8. The van der Waals surface area contributed by atoms with Crippen molar-refractivity contribution in [2.75, 3.05) is 33.4 Å². The number of ether oxygens (including phenoxy) is 2. The number of carbonyl (C=O) groups excluding carboxylic acids is 1. The van der Waals surface area contributed by atoms with E-state index >= 15 is 4.39 Å². The molecule has 0 bridgehead atoms. The Morgan fingerprint density at radius 2 is 2.07 bits per heavy atom. The molecule has 5 aromatic rings. The number of nitrogens with one attached hydrogen (secondary N) is 1. The van der Waals surface area contributed by atoms with Gasteiger partial charge in [0.15, 0.2) is 0 Å². The molecular weight excluding hydrogens is 584 g/mol. The first-order valence-corrected chi connectivity index (χ1v) is 15.3. The number of pyridine rings is 1. The van der Waals surface area contributed by atoms with Crippen LogP contribution in [0, 0.1) is 11.6 Å². The van der Waals surface area contributed by atoms with E-state index in [-0.39, 0.29) is 36.5 Å². The SMILES string of the molecule is C=CC(=O)N1CCC[C@H](NCc2nc(-c3ccc4c(cnn4C)c3)c3ccsc3c2-c2c(F)cc(F)cc2OCCOC)C1. The summed E-state index contributed by atoms with van der Waals surface area (Å²) >= 11 is 1.47. The van der Waals surface area contributed by atoms with Gasteiger partial charge in [0.2, 0.25) is 5.91 Å². The first-order valence-electron chi connectivity index (χ1n) is 14.5. The molecule has 0 aliphatic carbocycles. The van der Waals surface area contributed by atoms with E-state index in [0.29, 0.717) is 30.9 Å². The van der Waals surface area contributed by atoms with Crippen molar-refractivity contribution >= 4 is 38.2 Å². The van der Waals surface area contributed by atoms with Gasteiger partial charge in [0, 0.05) is 78.6 Å². The van der Waals surface area contributed by atoms with E-state index in [2.05, 4.69) is 23.1 Å². The van der Waals surface area contributed by atoms with Crippen molar-refractivity contribution < 1.29 is 23.0 Å². The van der Waals surface area contributed by atoms with Crippen molar-refractivity contribution in [1.82, 2.24) is 25.0 Å². The normalized spacial score (nSPS) is 15.3. The van der Waals surface area contributed by atoms with Crippen LogP contribution in [-0.4, -0.2) is 65.0 Å². The van der Waals surface area contributed by atoms with Crippen molar-refractivity contribution in [1.29, 1.82) is 0 Å². The number of piperidine rings is 1. The van der Waals surface area contributed by atoms with Crippen LogP contribution in [0.5, 0.6) is 5.75 Å². The molecule has 1 fully saturated rings. The van der Waals surface area contributed by atoms with E-state index in [1.165, 1.54) is 30.6 Å². The maximum Gasteiger partial charge on any atom is 0.246 e. The highest BCUT2D eigenvalue weighted by molar-refractivity contribution is 7.17. The van der Waals surface area contributed by atoms with Crippen molar-refractivity contribution in [2.45, 2.75) is 25.4 Å². The van der Waals surface area contributed by atoms with Crippen LogP contribution in [0.25, 0.3) is 43.4 Å². The summed E-state index contributed by atoms with van der Waals surface area (Å²) in [6.45, 7) is 5.51. The molecule has 2 aromatic carbocycles. The molecule has 0 saturated carbocycles. The van der Waals surface area contributed by atoms with Gasteiger partial charge in [-0.2, -0.15) is 5.10 Å². The second-order valence-corrected chi connectivity index (χ2v) is 11.7. The van der Waals surface area contributed by atoms with Crippen LogP contribution in [0.4, 0.5) is 8.78 Å². The van der Waals surface area contributed by atoms with E-state index in [0.717, 1.165) is 51.2 Å². The number of nitrogens with zero attached hydrogens (tertiary/aromatic N) is 4. The summed E-state index contributed by atoms with van der Waals surface area (Å²) in [6.07, 6.45) is 4.87. The van der Waals surface area contributed by atoms with Gasteiger partial charge in [-0.15, -0.1) is 11.3 Å². The van der Waals surface area contributed by atoms with Crippen LogP contribution in [-0.2, 0) is 23.1 Å². The van der Waals surface area contributed by atoms with E-state index < -0.39 is 11.6 Å². The molecule has 1 saturated heterocycles. The number of aryl methyl sites for hydroxylation is 1. The number of halogens is 2. The number of carbonyl (C=O) groups is 1. The maximum atomic E-state index is 15.8. The Kier molecular flexibility index (Phi) is 8.69. The third kappa shape index (κ3) is 5.82. The zero-order valence-corrected chi connectivity index (χ0v) is 25.4. The van der Waals surface area contributed by atoms with Gasteiger partial charge in [0.05, 0.1) is 35.3 Å². The number of rotatable bonds is 10. The molecule has 1 amide bonds. The smallest absolute Gasteiger partial charge is 0.246 e. The molecule has 44 heavy (non-hydrogen) atoms. The predicted molar refractivity (Wildman–Crippen MR) is 169 cm³/mol. The van der Waals surface area contributed by atoms with Gasteiger partial charge in [0.25, 0.3) is 0 Å². The number of aromatic nitrogens is 3. The van der Waals surface area contributed by atoms with Crippen molar-refractivity contribution in [3.8, 4) is 28.1 Å². The number of hydrogen-bond acceptors (Lipinski definition) is 7. The highest BCUT2D eigenvalue weighted by Gasteiger charge is 2.27. The molecule has 11 heteroatoms. The predicted octanol–water partition coefficient (Wildman–Crippen LogP) is 6.09. The third-order valence-corrected chi connectivity index (χ3v) is 8.91. The number of methoxy groups -OCH3 is 1. The second kappa shape index (κ2) is 12.8. The summed E-state index contributed by atoms with van der Waals surface area (Å²) in [7, 11) is 3.43. The zero-order chi connectivity index (χ0) is 30.8. The summed E-state index contributed by atoms with van der Waals surface area (Å²) in [5.41, 5.74) is 3.95. The summed E-state index contributed by atoms with van der Waals surface area (Å²) in [5, 5.41) is 11.7. The average Bonchev–Trinajstić information content (AvgIpc) is 3.66. The lowest BCUT2D eigenvalue weighted by molar-refractivity contribution is -0.127. The number of fused-ring (bicyclic) bond motifs is 2. The van der Waals surface area contributed by atoms with Crippen molar-refractivity contribution in [3.63, 3.8) is 0 Å². The second-order valence-electron chi connectivity index (χ2n) is 10.8. The summed E-state index contributed by atoms with van der Waals surface area (Å²) in [6, 6.07) is 10.1. The van der Waals surface area contributed by atoms with E-state index in [4.69, 9.17) is 14.5 Å². The van der Waals surface area contributed by atoms with Crippen LogP contribution >= 0.6 is 11.3 Å². The lowest BCUT2D eigenvalue weighted by atomic mass is 9.97. The van der Waals surface area contributed by atoms with Crippen LogP contribution < -0.4 is 10.1 Å². The highest BCUT2D eigenvalue weighted by atomic mass is 32.1. The number of thiophene rings is 1. The highest BCUT2D eigenvalue weighted by Crippen LogP contribution is 2.44. The number of amides is 1. The fourth-order valence-electron chi connectivity index (χ4n) is 5.84. The number of hydrogen-bond donors (Lipinski definition) is 1. The Bertz CT molecular complexity index is 1850.